The van der Waals surface area contributed by atoms with Crippen LogP contribution in [0.25, 0.3) is 0 Å². The van der Waals surface area contributed by atoms with Crippen LogP contribution < -0.4 is 10.6 Å². The van der Waals surface area contributed by atoms with Gasteiger partial charge in [-0.2, -0.15) is 0 Å². The smallest absolute Gasteiger partial charge is 0.315 e. The topological polar surface area (TPSA) is 81.8 Å². The molecule has 1 unspecified atom stereocenters. The minimum atomic E-state index is -0.284. The second-order valence-electron chi connectivity index (χ2n) is 5.50. The molecule has 1 aliphatic rings. The van der Waals surface area contributed by atoms with Gasteiger partial charge in [-0.05, 0) is 26.3 Å². The van der Waals surface area contributed by atoms with Crippen LogP contribution >= 0.6 is 0 Å². The van der Waals surface area contributed by atoms with Gasteiger partial charge in [-0.3, -0.25) is 9.59 Å². The number of carbonyl (C=O) groups is 3. The molecule has 0 aromatic rings. The molecule has 0 spiro atoms. The van der Waals surface area contributed by atoms with Crippen molar-refractivity contribution >= 4 is 17.8 Å². The van der Waals surface area contributed by atoms with Gasteiger partial charge in [-0.25, -0.2) is 4.79 Å². The van der Waals surface area contributed by atoms with Gasteiger partial charge in [0.25, 0.3) is 0 Å². The number of hydrogen-bond acceptors (Lipinski definition) is 3. The average molecular weight is 296 g/mol. The van der Waals surface area contributed by atoms with E-state index in [1.165, 1.54) is 11.0 Å². The van der Waals surface area contributed by atoms with Gasteiger partial charge in [0.1, 0.15) is 0 Å². The number of carbonyl (C=O) groups excluding carboxylic acids is 3. The molecule has 0 bridgehead atoms. The molecular weight excluding hydrogens is 272 g/mol. The third-order valence-corrected chi connectivity index (χ3v) is 3.22. The Morgan fingerprint density at radius 3 is 2.67 bits per heavy atom. The van der Waals surface area contributed by atoms with E-state index in [9.17, 15) is 14.4 Å². The summed E-state index contributed by atoms with van der Waals surface area (Å²) in [6, 6.07) is -0.195. The molecule has 1 heterocycles. The van der Waals surface area contributed by atoms with E-state index in [1.54, 1.807) is 11.9 Å². The lowest BCUT2D eigenvalue weighted by atomic mass is 10.3. The standard InChI is InChI=1S/C14H24N4O3/c1-5-12(19)17(4)9-13(20)18-7-6-11(8-18)16-14(21)15-10(2)3/h5,10-11H,1,6-9H2,2-4H3,(H2,15,16,21). The molecule has 2 N–H and O–H groups in total. The van der Waals surface area contributed by atoms with E-state index in [4.69, 9.17) is 0 Å². The maximum Gasteiger partial charge on any atom is 0.315 e. The summed E-state index contributed by atoms with van der Waals surface area (Å²) >= 11 is 0. The number of amides is 4. The van der Waals surface area contributed by atoms with Gasteiger partial charge in [0.2, 0.25) is 11.8 Å². The predicted octanol–water partition coefficient (Wildman–Crippen LogP) is -0.0607. The van der Waals surface area contributed by atoms with Crippen LogP contribution in [0.5, 0.6) is 0 Å². The first kappa shape index (κ1) is 17.0. The van der Waals surface area contributed by atoms with Gasteiger partial charge in [-0.15, -0.1) is 0 Å². The molecule has 21 heavy (non-hydrogen) atoms. The van der Waals surface area contributed by atoms with Crippen molar-refractivity contribution in [2.75, 3.05) is 26.7 Å². The molecule has 1 atom stereocenters. The van der Waals surface area contributed by atoms with Crippen molar-refractivity contribution in [1.29, 1.82) is 0 Å². The minimum absolute atomic E-state index is 0.0236. The van der Waals surface area contributed by atoms with Gasteiger partial charge in [-0.1, -0.05) is 6.58 Å². The van der Waals surface area contributed by atoms with Crippen LogP contribution in [-0.4, -0.2) is 66.4 Å². The highest BCUT2D eigenvalue weighted by Gasteiger charge is 2.28. The zero-order chi connectivity index (χ0) is 16.0. The highest BCUT2D eigenvalue weighted by molar-refractivity contribution is 5.90. The number of nitrogens with one attached hydrogen (secondary N) is 2. The quantitative estimate of drug-likeness (QED) is 0.697. The Kier molecular flexibility index (Phi) is 6.20. The summed E-state index contributed by atoms with van der Waals surface area (Å²) < 4.78 is 0. The lowest BCUT2D eigenvalue weighted by Gasteiger charge is -2.21. The van der Waals surface area contributed by atoms with Crippen molar-refractivity contribution in [2.24, 2.45) is 0 Å². The minimum Gasteiger partial charge on any atom is -0.339 e. The number of nitrogens with zero attached hydrogens (tertiary/aromatic N) is 2. The lowest BCUT2D eigenvalue weighted by Crippen LogP contribution is -2.46. The molecule has 4 amide bonds. The van der Waals surface area contributed by atoms with Crippen LogP contribution in [0.4, 0.5) is 4.79 Å². The number of urea groups is 1. The maximum absolute atomic E-state index is 12.1. The van der Waals surface area contributed by atoms with E-state index in [2.05, 4.69) is 17.2 Å². The molecule has 1 fully saturated rings. The first-order valence-electron chi connectivity index (χ1n) is 7.05. The summed E-state index contributed by atoms with van der Waals surface area (Å²) in [6.07, 6.45) is 1.90. The first-order chi connectivity index (χ1) is 9.83. The second kappa shape index (κ2) is 7.66. The molecule has 0 radical (unpaired) electrons. The van der Waals surface area contributed by atoms with E-state index in [0.717, 1.165) is 6.42 Å². The molecule has 7 nitrogen and oxygen atoms in total. The Labute approximate surface area is 125 Å². The molecule has 0 aromatic carbocycles. The van der Waals surface area contributed by atoms with E-state index in [1.807, 2.05) is 13.8 Å². The number of likely N-dealkylation sites (tertiary alicyclic amines) is 1. The van der Waals surface area contributed by atoms with Gasteiger partial charge >= 0.3 is 6.03 Å². The van der Waals surface area contributed by atoms with E-state index in [0.29, 0.717) is 13.1 Å². The van der Waals surface area contributed by atoms with Gasteiger partial charge in [0, 0.05) is 32.2 Å². The molecule has 0 saturated carbocycles. The zero-order valence-electron chi connectivity index (χ0n) is 12.9. The molecule has 7 heteroatoms. The fourth-order valence-electron chi connectivity index (χ4n) is 2.13. The normalized spacial score (nSPS) is 17.5. The molecule has 0 aromatic heterocycles. The summed E-state index contributed by atoms with van der Waals surface area (Å²) in [7, 11) is 1.56. The number of hydrogen-bond donors (Lipinski definition) is 2. The summed E-state index contributed by atoms with van der Waals surface area (Å²) in [5.74, 6) is -0.408. The van der Waals surface area contributed by atoms with Gasteiger partial charge < -0.3 is 20.4 Å². The van der Waals surface area contributed by atoms with Crippen LogP contribution in [-0.2, 0) is 9.59 Å². The molecule has 118 valence electrons. The van der Waals surface area contributed by atoms with Crippen LogP contribution in [0, 0.1) is 0 Å². The third kappa shape index (κ3) is 5.45. The SMILES string of the molecule is C=CC(=O)N(C)CC(=O)N1CCC(NC(=O)NC(C)C)C1. The van der Waals surface area contributed by atoms with Crippen molar-refractivity contribution in [3.8, 4) is 0 Å². The molecule has 1 aliphatic heterocycles. The maximum atomic E-state index is 12.1. The van der Waals surface area contributed by atoms with Crippen molar-refractivity contribution in [3.05, 3.63) is 12.7 Å². The Morgan fingerprint density at radius 1 is 1.43 bits per heavy atom. The monoisotopic (exact) mass is 296 g/mol. The average Bonchev–Trinajstić information content (AvgIpc) is 2.84. The Bertz CT molecular complexity index is 422. The van der Waals surface area contributed by atoms with Crippen molar-refractivity contribution in [3.63, 3.8) is 0 Å². The predicted molar refractivity (Wildman–Crippen MR) is 79.6 cm³/mol. The summed E-state index contributed by atoms with van der Waals surface area (Å²) in [4.78, 5) is 38.0. The highest BCUT2D eigenvalue weighted by Crippen LogP contribution is 2.09. The molecule has 1 rings (SSSR count). The number of likely N-dealkylation sites (N-methyl/N-ethyl adjacent to an activating group) is 1. The molecule has 0 aliphatic carbocycles. The Morgan fingerprint density at radius 2 is 2.10 bits per heavy atom. The fourth-order valence-corrected chi connectivity index (χ4v) is 2.13. The first-order valence-corrected chi connectivity index (χ1v) is 7.05. The van der Waals surface area contributed by atoms with E-state index < -0.39 is 0 Å². The molecule has 1 saturated heterocycles. The summed E-state index contributed by atoms with van der Waals surface area (Å²) in [5, 5.41) is 5.59. The lowest BCUT2D eigenvalue weighted by molar-refractivity contribution is -0.136. The third-order valence-electron chi connectivity index (χ3n) is 3.22. The van der Waals surface area contributed by atoms with Crippen molar-refractivity contribution in [1.82, 2.24) is 20.4 Å². The number of rotatable bonds is 5. The van der Waals surface area contributed by atoms with Crippen molar-refractivity contribution in [2.45, 2.75) is 32.4 Å². The van der Waals surface area contributed by atoms with Crippen molar-refractivity contribution < 1.29 is 14.4 Å². The van der Waals surface area contributed by atoms with E-state index >= 15 is 0 Å². The Hall–Kier alpha value is -2.05. The Balaban J connectivity index is 2.40. The fraction of sp³-hybridized carbons (Fsp3) is 0.643. The zero-order valence-corrected chi connectivity index (χ0v) is 12.9. The van der Waals surface area contributed by atoms with Crippen LogP contribution in [0.1, 0.15) is 20.3 Å². The highest BCUT2D eigenvalue weighted by atomic mass is 16.2. The van der Waals surface area contributed by atoms with Gasteiger partial charge in [0.15, 0.2) is 0 Å². The van der Waals surface area contributed by atoms with E-state index in [-0.39, 0.29) is 36.5 Å². The second-order valence-corrected chi connectivity index (χ2v) is 5.50. The van der Waals surface area contributed by atoms with Gasteiger partial charge in [0.05, 0.1) is 6.54 Å². The van der Waals surface area contributed by atoms with Crippen LogP contribution in [0.15, 0.2) is 12.7 Å². The van der Waals surface area contributed by atoms with Crippen LogP contribution in [0.3, 0.4) is 0 Å². The summed E-state index contributed by atoms with van der Waals surface area (Å²) in [6.45, 7) is 8.24. The molecular formula is C14H24N4O3. The van der Waals surface area contributed by atoms with Crippen LogP contribution in [0.2, 0.25) is 0 Å². The largest absolute Gasteiger partial charge is 0.339 e. The summed E-state index contributed by atoms with van der Waals surface area (Å²) in [5.41, 5.74) is 0.